The molecular formula is C14H20BrNO. The van der Waals surface area contributed by atoms with Crippen LogP contribution in [0.15, 0.2) is 10.5 Å². The molecule has 0 atom stereocenters. The van der Waals surface area contributed by atoms with Crippen LogP contribution in [0.4, 0.5) is 0 Å². The zero-order chi connectivity index (χ0) is 12.6. The van der Waals surface area contributed by atoms with E-state index < -0.39 is 0 Å². The van der Waals surface area contributed by atoms with Crippen LogP contribution in [-0.4, -0.2) is 13.7 Å². The number of nitrogens with two attached hydrogens (primary N) is 1. The molecule has 1 aromatic carbocycles. The van der Waals surface area contributed by atoms with Gasteiger partial charge < -0.3 is 10.5 Å². The first-order chi connectivity index (χ1) is 8.05. The number of hydrogen-bond donors (Lipinski definition) is 1. The van der Waals surface area contributed by atoms with E-state index in [1.165, 1.54) is 40.4 Å². The molecule has 1 fully saturated rings. The summed E-state index contributed by atoms with van der Waals surface area (Å²) in [6.45, 7) is 4.94. The minimum Gasteiger partial charge on any atom is -0.496 e. The van der Waals surface area contributed by atoms with E-state index in [0.29, 0.717) is 0 Å². The van der Waals surface area contributed by atoms with E-state index in [4.69, 9.17) is 10.5 Å². The van der Waals surface area contributed by atoms with Crippen LogP contribution in [0.2, 0.25) is 0 Å². The monoisotopic (exact) mass is 297 g/mol. The van der Waals surface area contributed by atoms with Crippen LogP contribution in [0.1, 0.15) is 36.0 Å². The van der Waals surface area contributed by atoms with Gasteiger partial charge in [0.2, 0.25) is 0 Å². The highest BCUT2D eigenvalue weighted by Gasteiger charge is 2.40. The van der Waals surface area contributed by atoms with Gasteiger partial charge in [0.25, 0.3) is 0 Å². The lowest BCUT2D eigenvalue weighted by Crippen LogP contribution is -2.42. The topological polar surface area (TPSA) is 35.2 Å². The smallest absolute Gasteiger partial charge is 0.125 e. The Hall–Kier alpha value is -0.540. The Labute approximate surface area is 112 Å². The number of benzene rings is 1. The highest BCUT2D eigenvalue weighted by atomic mass is 79.9. The fourth-order valence-electron chi connectivity index (χ4n) is 3.04. The fourth-order valence-corrected chi connectivity index (χ4v) is 4.10. The molecule has 0 aliphatic heterocycles. The second-order valence-electron chi connectivity index (χ2n) is 5.05. The van der Waals surface area contributed by atoms with Gasteiger partial charge in [-0.2, -0.15) is 0 Å². The number of rotatable bonds is 3. The predicted molar refractivity (Wildman–Crippen MR) is 74.8 cm³/mol. The highest BCUT2D eigenvalue weighted by molar-refractivity contribution is 9.10. The summed E-state index contributed by atoms with van der Waals surface area (Å²) >= 11 is 3.70. The number of aryl methyl sites for hydroxylation is 1. The third-order valence-electron chi connectivity index (χ3n) is 4.09. The number of hydrogen-bond acceptors (Lipinski definition) is 2. The minimum atomic E-state index is 0.171. The maximum Gasteiger partial charge on any atom is 0.125 e. The van der Waals surface area contributed by atoms with Crippen molar-refractivity contribution in [2.24, 2.45) is 5.73 Å². The lowest BCUT2D eigenvalue weighted by atomic mass is 9.63. The van der Waals surface area contributed by atoms with Gasteiger partial charge in [0.05, 0.1) is 7.11 Å². The standard InChI is InChI=1S/C14H20BrNO/c1-9-7-11(15)12(10(2)13(9)17-3)14(8-16)5-4-6-14/h7H,4-6,8,16H2,1-3H3. The van der Waals surface area contributed by atoms with Crippen LogP contribution in [0.5, 0.6) is 5.75 Å². The molecule has 0 amide bonds. The molecule has 0 aromatic heterocycles. The third-order valence-corrected chi connectivity index (χ3v) is 4.72. The molecule has 3 heteroatoms. The van der Waals surface area contributed by atoms with E-state index in [2.05, 4.69) is 35.8 Å². The Bertz CT molecular complexity index is 433. The van der Waals surface area contributed by atoms with E-state index in [0.717, 1.165) is 12.3 Å². The molecule has 1 aromatic rings. The molecule has 94 valence electrons. The first-order valence-electron chi connectivity index (χ1n) is 6.10. The summed E-state index contributed by atoms with van der Waals surface area (Å²) in [6, 6.07) is 2.15. The minimum absolute atomic E-state index is 0.171. The van der Waals surface area contributed by atoms with Crippen molar-refractivity contribution in [3.8, 4) is 5.75 Å². The second kappa shape index (κ2) is 4.62. The van der Waals surface area contributed by atoms with E-state index >= 15 is 0 Å². The zero-order valence-electron chi connectivity index (χ0n) is 10.8. The summed E-state index contributed by atoms with van der Waals surface area (Å²) in [4.78, 5) is 0. The molecule has 17 heavy (non-hydrogen) atoms. The maximum atomic E-state index is 6.01. The average molecular weight is 298 g/mol. The highest BCUT2D eigenvalue weighted by Crippen LogP contribution is 2.49. The van der Waals surface area contributed by atoms with Gasteiger partial charge in [0.1, 0.15) is 5.75 Å². The molecule has 1 aliphatic rings. The van der Waals surface area contributed by atoms with Crippen molar-refractivity contribution in [2.45, 2.75) is 38.5 Å². The van der Waals surface area contributed by atoms with Gasteiger partial charge in [-0.05, 0) is 49.4 Å². The summed E-state index contributed by atoms with van der Waals surface area (Å²) in [5.41, 5.74) is 9.95. The Kier molecular flexibility index (Phi) is 3.50. The van der Waals surface area contributed by atoms with Gasteiger partial charge in [-0.25, -0.2) is 0 Å². The molecular weight excluding hydrogens is 278 g/mol. The van der Waals surface area contributed by atoms with E-state index in [1.807, 2.05) is 0 Å². The number of halogens is 1. The van der Waals surface area contributed by atoms with Crippen molar-refractivity contribution in [3.63, 3.8) is 0 Å². The summed E-state index contributed by atoms with van der Waals surface area (Å²) in [6.07, 6.45) is 3.66. The Morgan fingerprint density at radius 3 is 2.47 bits per heavy atom. The SMILES string of the molecule is COc1c(C)cc(Br)c(C2(CN)CCC2)c1C. The van der Waals surface area contributed by atoms with Crippen molar-refractivity contribution >= 4 is 15.9 Å². The Morgan fingerprint density at radius 1 is 1.41 bits per heavy atom. The van der Waals surface area contributed by atoms with Gasteiger partial charge in [0.15, 0.2) is 0 Å². The lowest BCUT2D eigenvalue weighted by molar-refractivity contribution is 0.249. The first kappa shape index (κ1) is 12.9. The number of methoxy groups -OCH3 is 1. The molecule has 1 aliphatic carbocycles. The van der Waals surface area contributed by atoms with E-state index in [1.54, 1.807) is 7.11 Å². The van der Waals surface area contributed by atoms with Crippen molar-refractivity contribution in [2.75, 3.05) is 13.7 Å². The van der Waals surface area contributed by atoms with E-state index in [-0.39, 0.29) is 5.41 Å². The van der Waals surface area contributed by atoms with Gasteiger partial charge in [-0.3, -0.25) is 0 Å². The molecule has 0 heterocycles. The quantitative estimate of drug-likeness (QED) is 0.927. The lowest BCUT2D eigenvalue weighted by Gasteiger charge is -2.43. The molecule has 2 nitrogen and oxygen atoms in total. The van der Waals surface area contributed by atoms with Crippen molar-refractivity contribution < 1.29 is 4.74 Å². The van der Waals surface area contributed by atoms with Crippen LogP contribution in [0.3, 0.4) is 0 Å². The molecule has 2 N–H and O–H groups in total. The number of ether oxygens (including phenoxy) is 1. The molecule has 1 saturated carbocycles. The molecule has 0 spiro atoms. The molecule has 0 saturated heterocycles. The van der Waals surface area contributed by atoms with Gasteiger partial charge in [-0.1, -0.05) is 22.4 Å². The van der Waals surface area contributed by atoms with Crippen LogP contribution < -0.4 is 10.5 Å². The third kappa shape index (κ3) is 1.89. The molecule has 2 rings (SSSR count). The van der Waals surface area contributed by atoms with Crippen LogP contribution >= 0.6 is 15.9 Å². The Balaban J connectivity index is 2.61. The van der Waals surface area contributed by atoms with E-state index in [9.17, 15) is 0 Å². The van der Waals surface area contributed by atoms with Gasteiger partial charge in [-0.15, -0.1) is 0 Å². The van der Waals surface area contributed by atoms with Crippen LogP contribution in [0.25, 0.3) is 0 Å². The summed E-state index contributed by atoms with van der Waals surface area (Å²) in [7, 11) is 1.74. The van der Waals surface area contributed by atoms with Crippen molar-refractivity contribution in [1.82, 2.24) is 0 Å². The molecule has 0 radical (unpaired) electrons. The summed E-state index contributed by atoms with van der Waals surface area (Å²) in [5, 5.41) is 0. The van der Waals surface area contributed by atoms with Gasteiger partial charge >= 0.3 is 0 Å². The molecule has 0 bridgehead atoms. The molecule has 0 unspecified atom stereocenters. The van der Waals surface area contributed by atoms with Crippen molar-refractivity contribution in [3.05, 3.63) is 27.2 Å². The maximum absolute atomic E-state index is 6.01. The second-order valence-corrected chi connectivity index (χ2v) is 5.90. The normalized spacial score (nSPS) is 17.7. The Morgan fingerprint density at radius 2 is 2.06 bits per heavy atom. The predicted octanol–water partition coefficient (Wildman–Crippen LogP) is 3.45. The first-order valence-corrected chi connectivity index (χ1v) is 6.89. The van der Waals surface area contributed by atoms with Crippen LogP contribution in [-0.2, 0) is 5.41 Å². The zero-order valence-corrected chi connectivity index (χ0v) is 12.4. The summed E-state index contributed by atoms with van der Waals surface area (Å²) < 4.78 is 6.70. The average Bonchev–Trinajstić information content (AvgIpc) is 2.21. The summed E-state index contributed by atoms with van der Waals surface area (Å²) in [5.74, 6) is 1.00. The largest absolute Gasteiger partial charge is 0.496 e. The van der Waals surface area contributed by atoms with Crippen molar-refractivity contribution in [1.29, 1.82) is 0 Å². The van der Waals surface area contributed by atoms with Gasteiger partial charge in [0, 0.05) is 16.4 Å². The fraction of sp³-hybridized carbons (Fsp3) is 0.571. The van der Waals surface area contributed by atoms with Crippen LogP contribution in [0, 0.1) is 13.8 Å².